The van der Waals surface area contributed by atoms with Crippen molar-refractivity contribution in [3.63, 3.8) is 0 Å². The summed E-state index contributed by atoms with van der Waals surface area (Å²) in [6.45, 7) is 2.56. The largest absolute Gasteiger partial charge is 0.481 e. The van der Waals surface area contributed by atoms with Gasteiger partial charge in [-0.3, -0.25) is 9.59 Å². The molecule has 4 rings (SSSR count). The molecule has 3 N–H and O–H groups in total. The molecule has 2 aliphatic rings. The molecule has 0 saturated heterocycles. The maximum Gasteiger partial charge on any atom is 0.407 e. The van der Waals surface area contributed by atoms with Crippen molar-refractivity contribution >= 4 is 18.0 Å². The molecule has 2 aromatic carbocycles. The molecule has 0 aromatic heterocycles. The molecule has 1 fully saturated rings. The van der Waals surface area contributed by atoms with Gasteiger partial charge in [-0.1, -0.05) is 48.5 Å². The van der Waals surface area contributed by atoms with Crippen LogP contribution in [0.4, 0.5) is 4.79 Å². The lowest BCUT2D eigenvalue weighted by atomic mass is 9.79. The highest BCUT2D eigenvalue weighted by Crippen LogP contribution is 2.44. The van der Waals surface area contributed by atoms with Crippen LogP contribution >= 0.6 is 0 Å². The lowest BCUT2D eigenvalue weighted by Crippen LogP contribution is -2.50. The molecule has 8 nitrogen and oxygen atoms in total. The Morgan fingerprint density at radius 1 is 1.03 bits per heavy atom. The summed E-state index contributed by atoms with van der Waals surface area (Å²) < 4.78 is 10.9. The summed E-state index contributed by atoms with van der Waals surface area (Å²) in [6, 6.07) is 16.2. The number of benzene rings is 2. The van der Waals surface area contributed by atoms with E-state index in [1.165, 1.54) is 11.1 Å². The number of rotatable bonds is 10. The molecule has 1 unspecified atom stereocenters. The zero-order valence-electron chi connectivity index (χ0n) is 19.2. The van der Waals surface area contributed by atoms with Crippen molar-refractivity contribution in [2.45, 2.75) is 44.2 Å². The van der Waals surface area contributed by atoms with Crippen LogP contribution in [0.2, 0.25) is 0 Å². The van der Waals surface area contributed by atoms with Crippen LogP contribution in [-0.4, -0.2) is 55.0 Å². The number of nitrogens with one attached hydrogen (secondary N) is 2. The maximum absolute atomic E-state index is 12.4. The van der Waals surface area contributed by atoms with Gasteiger partial charge >= 0.3 is 12.1 Å². The normalized spacial score (nSPS) is 19.3. The summed E-state index contributed by atoms with van der Waals surface area (Å²) >= 11 is 0. The first kappa shape index (κ1) is 23.8. The van der Waals surface area contributed by atoms with Crippen LogP contribution in [0, 0.1) is 5.92 Å². The number of carboxylic acids is 1. The summed E-state index contributed by atoms with van der Waals surface area (Å²) in [5.41, 5.74) is 4.67. The third kappa shape index (κ3) is 5.39. The molecule has 0 radical (unpaired) electrons. The molecule has 0 spiro atoms. The van der Waals surface area contributed by atoms with Crippen LogP contribution in [0.1, 0.15) is 43.2 Å². The fraction of sp³-hybridized carbons (Fsp3) is 0.423. The first-order chi connectivity index (χ1) is 16.5. The predicted molar refractivity (Wildman–Crippen MR) is 125 cm³/mol. The van der Waals surface area contributed by atoms with E-state index >= 15 is 0 Å². The van der Waals surface area contributed by atoms with E-state index in [4.69, 9.17) is 14.6 Å². The molecule has 1 atom stereocenters. The lowest BCUT2D eigenvalue weighted by molar-refractivity contribution is -0.140. The maximum atomic E-state index is 12.4. The second-order valence-electron chi connectivity index (χ2n) is 8.76. The van der Waals surface area contributed by atoms with Crippen LogP contribution in [0.25, 0.3) is 11.1 Å². The monoisotopic (exact) mass is 466 g/mol. The number of hydrogen-bond acceptors (Lipinski definition) is 5. The Morgan fingerprint density at radius 2 is 1.65 bits per heavy atom. The van der Waals surface area contributed by atoms with Gasteiger partial charge < -0.3 is 25.2 Å². The van der Waals surface area contributed by atoms with E-state index in [9.17, 15) is 14.4 Å². The molecule has 0 heterocycles. The Balaban J connectivity index is 1.21. The summed E-state index contributed by atoms with van der Waals surface area (Å²) in [5, 5.41) is 14.5. The Kier molecular flexibility index (Phi) is 7.47. The molecule has 34 heavy (non-hydrogen) atoms. The zero-order chi connectivity index (χ0) is 24.1. The van der Waals surface area contributed by atoms with Gasteiger partial charge in [0.05, 0.1) is 12.5 Å². The highest BCUT2D eigenvalue weighted by atomic mass is 16.5. The predicted octanol–water partition coefficient (Wildman–Crippen LogP) is 3.30. The van der Waals surface area contributed by atoms with Gasteiger partial charge in [0.15, 0.2) is 0 Å². The van der Waals surface area contributed by atoms with E-state index in [1.807, 2.05) is 24.3 Å². The second-order valence-corrected chi connectivity index (χ2v) is 8.76. The van der Waals surface area contributed by atoms with Crippen molar-refractivity contribution in [2.24, 2.45) is 5.92 Å². The van der Waals surface area contributed by atoms with Gasteiger partial charge in [0.25, 0.3) is 0 Å². The van der Waals surface area contributed by atoms with E-state index in [0.717, 1.165) is 11.1 Å². The number of carboxylic acid groups (broad SMARTS) is 1. The Hall–Kier alpha value is -3.39. The number of fused-ring (bicyclic) bond motifs is 3. The first-order valence-electron chi connectivity index (χ1n) is 11.7. The second kappa shape index (κ2) is 10.7. The number of carbonyl (C=O) groups excluding carboxylic acids is 2. The van der Waals surface area contributed by atoms with Gasteiger partial charge in [-0.2, -0.15) is 0 Å². The minimum absolute atomic E-state index is 0.00200. The van der Waals surface area contributed by atoms with E-state index < -0.39 is 18.2 Å². The quantitative estimate of drug-likeness (QED) is 0.495. The van der Waals surface area contributed by atoms with Crippen LogP contribution < -0.4 is 10.6 Å². The van der Waals surface area contributed by atoms with Crippen molar-refractivity contribution in [1.29, 1.82) is 0 Å². The summed E-state index contributed by atoms with van der Waals surface area (Å²) in [4.78, 5) is 35.6. The van der Waals surface area contributed by atoms with E-state index in [-0.39, 0.29) is 43.4 Å². The van der Waals surface area contributed by atoms with E-state index in [1.54, 1.807) is 6.92 Å². The Morgan fingerprint density at radius 3 is 2.24 bits per heavy atom. The zero-order valence-corrected chi connectivity index (χ0v) is 19.2. The molecule has 1 saturated carbocycles. The Bertz CT molecular complexity index is 1000. The van der Waals surface area contributed by atoms with Gasteiger partial charge in [0.2, 0.25) is 5.91 Å². The Labute approximate surface area is 198 Å². The highest BCUT2D eigenvalue weighted by molar-refractivity contribution is 5.81. The van der Waals surface area contributed by atoms with Crippen molar-refractivity contribution < 1.29 is 29.0 Å². The molecule has 2 aliphatic carbocycles. The van der Waals surface area contributed by atoms with E-state index in [0.29, 0.717) is 19.4 Å². The number of aliphatic carboxylic acids is 1. The van der Waals surface area contributed by atoms with Crippen LogP contribution in [0.3, 0.4) is 0 Å². The average Bonchev–Trinajstić information content (AvgIpc) is 3.11. The van der Waals surface area contributed by atoms with Gasteiger partial charge in [-0.05, 0) is 42.0 Å². The molecular formula is C26H30N2O6. The van der Waals surface area contributed by atoms with Gasteiger partial charge in [0, 0.05) is 31.0 Å². The van der Waals surface area contributed by atoms with Crippen LogP contribution in [-0.2, 0) is 19.1 Å². The van der Waals surface area contributed by atoms with Crippen LogP contribution in [0.5, 0.6) is 0 Å². The molecule has 2 aromatic rings. The molecule has 2 amide bonds. The molecule has 180 valence electrons. The fourth-order valence-corrected chi connectivity index (χ4v) is 4.74. The topological polar surface area (TPSA) is 114 Å². The molecule has 8 heteroatoms. The van der Waals surface area contributed by atoms with Gasteiger partial charge in [-0.25, -0.2) is 4.79 Å². The van der Waals surface area contributed by atoms with Gasteiger partial charge in [-0.15, -0.1) is 0 Å². The smallest absolute Gasteiger partial charge is 0.407 e. The molecular weight excluding hydrogens is 436 g/mol. The van der Waals surface area contributed by atoms with Crippen molar-refractivity contribution in [3.05, 3.63) is 59.7 Å². The lowest BCUT2D eigenvalue weighted by Gasteiger charge is -2.34. The number of ether oxygens (including phenoxy) is 2. The van der Waals surface area contributed by atoms with E-state index in [2.05, 4.69) is 34.9 Å². The summed E-state index contributed by atoms with van der Waals surface area (Å²) in [5.74, 6) is -1.34. The third-order valence-electron chi connectivity index (χ3n) is 6.48. The number of alkyl carbamates (subject to hydrolysis) is 1. The minimum atomic E-state index is -0.969. The van der Waals surface area contributed by atoms with Crippen molar-refractivity contribution in [1.82, 2.24) is 10.6 Å². The third-order valence-corrected chi connectivity index (χ3v) is 6.48. The summed E-state index contributed by atoms with van der Waals surface area (Å²) in [6.07, 6.45) is -0.155. The number of carbonyl (C=O) groups is 3. The molecule has 0 bridgehead atoms. The number of amides is 2. The van der Waals surface area contributed by atoms with Crippen LogP contribution in [0.15, 0.2) is 48.5 Å². The standard InChI is InChI=1S/C26H30N2O6/c1-2-33-18(13-24(29)30)14-27-25(31)16-11-17(12-16)28-26(32)34-15-23-21-9-5-3-7-19(21)20-8-4-6-10-22(20)23/h3-10,16-18,23H,2,11-15H2,1H3,(H,27,31)(H,28,32)(H,29,30). The SMILES string of the molecule is CCOC(CNC(=O)C1CC(NC(=O)OCC2c3ccccc3-c3ccccc32)C1)CC(=O)O. The van der Waals surface area contributed by atoms with Crippen molar-refractivity contribution in [3.8, 4) is 11.1 Å². The average molecular weight is 467 g/mol. The first-order valence-corrected chi connectivity index (χ1v) is 11.7. The number of hydrogen-bond donors (Lipinski definition) is 3. The minimum Gasteiger partial charge on any atom is -0.481 e. The van der Waals surface area contributed by atoms with Gasteiger partial charge in [0.1, 0.15) is 6.61 Å². The molecule has 0 aliphatic heterocycles. The highest BCUT2D eigenvalue weighted by Gasteiger charge is 2.36. The summed E-state index contributed by atoms with van der Waals surface area (Å²) in [7, 11) is 0. The fourth-order valence-electron chi connectivity index (χ4n) is 4.74. The van der Waals surface area contributed by atoms with Crippen molar-refractivity contribution in [2.75, 3.05) is 19.8 Å².